The molecule has 2 aromatic heterocycles. The van der Waals surface area contributed by atoms with E-state index in [9.17, 15) is 4.79 Å². The quantitative estimate of drug-likeness (QED) is 0.521. The molecule has 0 atom stereocenters. The molecule has 0 unspecified atom stereocenters. The Kier molecular flexibility index (Phi) is 3.57. The normalized spacial score (nSPS) is 12.4. The standard InChI is InChI=1S/C20H16N4O3/c25-20(22-7-12-1-4-18-19(5-12)27-11-26-18)16-10-21-17-6-13(2-3-15(16)17)14-8-23-24-9-14/h1-6,8-10,21H,7,11H2,(H,22,25)(H,23,24). The third-order valence-corrected chi connectivity index (χ3v) is 4.65. The van der Waals surface area contributed by atoms with Crippen LogP contribution in [-0.2, 0) is 6.54 Å². The van der Waals surface area contributed by atoms with E-state index in [0.29, 0.717) is 17.9 Å². The van der Waals surface area contributed by atoms with Gasteiger partial charge in [0.15, 0.2) is 11.5 Å². The van der Waals surface area contributed by atoms with E-state index in [4.69, 9.17) is 9.47 Å². The highest BCUT2D eigenvalue weighted by molar-refractivity contribution is 6.07. The zero-order valence-electron chi connectivity index (χ0n) is 14.3. The Labute approximate surface area is 154 Å². The molecule has 7 nitrogen and oxygen atoms in total. The van der Waals surface area contributed by atoms with E-state index in [1.807, 2.05) is 42.6 Å². The molecule has 0 radical (unpaired) electrons. The molecule has 2 aromatic carbocycles. The van der Waals surface area contributed by atoms with Gasteiger partial charge in [-0.05, 0) is 29.3 Å². The maximum atomic E-state index is 12.6. The fraction of sp³-hybridized carbons (Fsp3) is 0.100. The molecule has 134 valence electrons. The molecule has 1 amide bonds. The van der Waals surface area contributed by atoms with Gasteiger partial charge in [0.25, 0.3) is 5.91 Å². The fourth-order valence-electron chi connectivity index (χ4n) is 3.23. The summed E-state index contributed by atoms with van der Waals surface area (Å²) >= 11 is 0. The Morgan fingerprint density at radius 3 is 2.89 bits per heavy atom. The van der Waals surface area contributed by atoms with Crippen molar-refractivity contribution in [3.8, 4) is 22.6 Å². The number of ether oxygens (including phenoxy) is 2. The number of nitrogens with one attached hydrogen (secondary N) is 3. The third-order valence-electron chi connectivity index (χ3n) is 4.65. The fourth-order valence-corrected chi connectivity index (χ4v) is 3.23. The van der Waals surface area contributed by atoms with E-state index in [1.165, 1.54) is 0 Å². The van der Waals surface area contributed by atoms with Gasteiger partial charge >= 0.3 is 0 Å². The topological polar surface area (TPSA) is 92.0 Å². The van der Waals surface area contributed by atoms with Crippen LogP contribution in [0.15, 0.2) is 55.0 Å². The van der Waals surface area contributed by atoms with Crippen molar-refractivity contribution in [3.63, 3.8) is 0 Å². The molecule has 0 saturated heterocycles. The Balaban J connectivity index is 1.35. The summed E-state index contributed by atoms with van der Waals surface area (Å²) < 4.78 is 10.7. The summed E-state index contributed by atoms with van der Waals surface area (Å²) in [6, 6.07) is 11.6. The second kappa shape index (κ2) is 6.21. The number of fused-ring (bicyclic) bond motifs is 2. The van der Waals surface area contributed by atoms with E-state index in [1.54, 1.807) is 12.4 Å². The van der Waals surface area contributed by atoms with Crippen molar-refractivity contribution in [2.45, 2.75) is 6.54 Å². The number of H-pyrrole nitrogens is 2. The molecule has 0 bridgehead atoms. The highest BCUT2D eigenvalue weighted by atomic mass is 16.7. The molecular formula is C20H16N4O3. The molecule has 3 N–H and O–H groups in total. The van der Waals surface area contributed by atoms with Crippen molar-refractivity contribution in [1.82, 2.24) is 20.5 Å². The lowest BCUT2D eigenvalue weighted by Crippen LogP contribution is -2.22. The van der Waals surface area contributed by atoms with Crippen molar-refractivity contribution in [1.29, 1.82) is 0 Å². The van der Waals surface area contributed by atoms with Crippen molar-refractivity contribution in [2.75, 3.05) is 6.79 Å². The van der Waals surface area contributed by atoms with E-state index < -0.39 is 0 Å². The van der Waals surface area contributed by atoms with Crippen LogP contribution < -0.4 is 14.8 Å². The number of carbonyl (C=O) groups is 1. The summed E-state index contributed by atoms with van der Waals surface area (Å²) in [6.45, 7) is 0.649. The van der Waals surface area contributed by atoms with Gasteiger partial charge in [-0.3, -0.25) is 9.89 Å². The summed E-state index contributed by atoms with van der Waals surface area (Å²) in [5.74, 6) is 1.31. The van der Waals surface area contributed by atoms with Gasteiger partial charge < -0.3 is 19.8 Å². The van der Waals surface area contributed by atoms with Crippen molar-refractivity contribution >= 4 is 16.8 Å². The molecule has 3 heterocycles. The summed E-state index contributed by atoms with van der Waals surface area (Å²) in [6.07, 6.45) is 5.34. The summed E-state index contributed by atoms with van der Waals surface area (Å²) in [4.78, 5) is 15.8. The van der Waals surface area contributed by atoms with Crippen LogP contribution in [0.1, 0.15) is 15.9 Å². The Morgan fingerprint density at radius 2 is 2.00 bits per heavy atom. The first-order chi connectivity index (χ1) is 13.3. The summed E-state index contributed by atoms with van der Waals surface area (Å²) in [7, 11) is 0. The SMILES string of the molecule is O=C(NCc1ccc2c(c1)OCO2)c1c[nH]c2cc(-c3cn[nH]c3)ccc12. The lowest BCUT2D eigenvalue weighted by molar-refractivity contribution is 0.0952. The molecule has 1 aliphatic heterocycles. The lowest BCUT2D eigenvalue weighted by atomic mass is 10.1. The van der Waals surface area contributed by atoms with Crippen LogP contribution in [0.5, 0.6) is 11.5 Å². The molecule has 27 heavy (non-hydrogen) atoms. The maximum absolute atomic E-state index is 12.6. The second-order valence-electron chi connectivity index (χ2n) is 6.32. The molecule has 5 rings (SSSR count). The van der Waals surface area contributed by atoms with Crippen LogP contribution in [0.2, 0.25) is 0 Å². The van der Waals surface area contributed by atoms with Gasteiger partial charge in [0.2, 0.25) is 6.79 Å². The van der Waals surface area contributed by atoms with Gasteiger partial charge in [-0.15, -0.1) is 0 Å². The molecule has 0 aliphatic carbocycles. The van der Waals surface area contributed by atoms with Crippen molar-refractivity contribution < 1.29 is 14.3 Å². The summed E-state index contributed by atoms with van der Waals surface area (Å²) in [5, 5.41) is 10.6. The first kappa shape index (κ1) is 15.5. The zero-order chi connectivity index (χ0) is 18.2. The minimum absolute atomic E-state index is 0.130. The monoisotopic (exact) mass is 360 g/mol. The van der Waals surface area contributed by atoms with Crippen molar-refractivity contribution in [3.05, 3.63) is 66.1 Å². The van der Waals surface area contributed by atoms with E-state index in [2.05, 4.69) is 20.5 Å². The maximum Gasteiger partial charge on any atom is 0.253 e. The number of amides is 1. The molecule has 0 spiro atoms. The lowest BCUT2D eigenvalue weighted by Gasteiger charge is -2.06. The molecule has 4 aromatic rings. The van der Waals surface area contributed by atoms with Crippen molar-refractivity contribution in [2.24, 2.45) is 0 Å². The summed E-state index contributed by atoms with van der Waals surface area (Å²) in [5.41, 5.74) is 4.51. The van der Waals surface area contributed by atoms with Crippen LogP contribution in [0.3, 0.4) is 0 Å². The number of benzene rings is 2. The van der Waals surface area contributed by atoms with Gasteiger partial charge in [0, 0.05) is 35.4 Å². The van der Waals surface area contributed by atoms with Gasteiger partial charge in [0.1, 0.15) is 0 Å². The zero-order valence-corrected chi connectivity index (χ0v) is 14.3. The van der Waals surface area contributed by atoms with E-state index in [0.717, 1.165) is 33.3 Å². The van der Waals surface area contributed by atoms with Gasteiger partial charge in [0.05, 0.1) is 11.8 Å². The number of carbonyl (C=O) groups excluding carboxylic acids is 1. The number of rotatable bonds is 4. The molecule has 7 heteroatoms. The Morgan fingerprint density at radius 1 is 1.07 bits per heavy atom. The average molecular weight is 360 g/mol. The molecule has 0 saturated carbocycles. The van der Waals surface area contributed by atoms with Crippen LogP contribution in [0.4, 0.5) is 0 Å². The number of hydrogen-bond acceptors (Lipinski definition) is 4. The highest BCUT2D eigenvalue weighted by Crippen LogP contribution is 2.32. The first-order valence-corrected chi connectivity index (χ1v) is 8.55. The number of aromatic amines is 2. The van der Waals surface area contributed by atoms with Gasteiger partial charge in [-0.2, -0.15) is 5.10 Å². The minimum atomic E-state index is -0.130. The average Bonchev–Trinajstić information content (AvgIpc) is 3.45. The van der Waals surface area contributed by atoms with Crippen LogP contribution in [0.25, 0.3) is 22.0 Å². The minimum Gasteiger partial charge on any atom is -0.454 e. The van der Waals surface area contributed by atoms with Crippen LogP contribution in [-0.4, -0.2) is 27.9 Å². The highest BCUT2D eigenvalue weighted by Gasteiger charge is 2.15. The van der Waals surface area contributed by atoms with Crippen LogP contribution in [0, 0.1) is 0 Å². The first-order valence-electron chi connectivity index (χ1n) is 8.55. The van der Waals surface area contributed by atoms with Crippen LogP contribution >= 0.6 is 0 Å². The third kappa shape index (κ3) is 2.79. The van der Waals surface area contributed by atoms with E-state index >= 15 is 0 Å². The second-order valence-corrected chi connectivity index (χ2v) is 6.32. The number of nitrogens with zero attached hydrogens (tertiary/aromatic N) is 1. The largest absolute Gasteiger partial charge is 0.454 e. The predicted octanol–water partition coefficient (Wildman–Crippen LogP) is 3.22. The smallest absolute Gasteiger partial charge is 0.253 e. The number of hydrogen-bond donors (Lipinski definition) is 3. The van der Waals surface area contributed by atoms with Gasteiger partial charge in [-0.1, -0.05) is 18.2 Å². The molecular weight excluding hydrogens is 344 g/mol. The van der Waals surface area contributed by atoms with E-state index in [-0.39, 0.29) is 12.7 Å². The molecule has 0 fully saturated rings. The predicted molar refractivity (Wildman–Crippen MR) is 99.6 cm³/mol. The Bertz CT molecular complexity index is 1130. The van der Waals surface area contributed by atoms with Gasteiger partial charge in [-0.25, -0.2) is 0 Å². The Hall–Kier alpha value is -3.74. The molecule has 1 aliphatic rings. The number of aromatic nitrogens is 3.